The van der Waals surface area contributed by atoms with Gasteiger partial charge in [0.2, 0.25) is 8.32 Å². The van der Waals surface area contributed by atoms with Crippen LogP contribution in [0.4, 0.5) is 0 Å². The lowest BCUT2D eigenvalue weighted by Gasteiger charge is -2.41. The number of carbonyl (C=O) groups is 1. The van der Waals surface area contributed by atoms with Gasteiger partial charge in [0.25, 0.3) is 0 Å². The summed E-state index contributed by atoms with van der Waals surface area (Å²) in [7, 11) is -1.96. The molecule has 0 unspecified atom stereocenters. The number of halogens is 1. The molecule has 1 aromatic rings. The van der Waals surface area contributed by atoms with E-state index in [0.29, 0.717) is 16.6 Å². The molecule has 0 heterocycles. The molecule has 0 aliphatic heterocycles. The van der Waals surface area contributed by atoms with E-state index in [4.69, 9.17) is 4.43 Å². The van der Waals surface area contributed by atoms with Gasteiger partial charge in [0.05, 0.1) is 6.61 Å². The minimum Gasteiger partial charge on any atom is -0.408 e. The van der Waals surface area contributed by atoms with Crippen molar-refractivity contribution in [2.24, 2.45) is 0 Å². The second-order valence-electron chi connectivity index (χ2n) is 6.54. The van der Waals surface area contributed by atoms with Crippen molar-refractivity contribution < 1.29 is 9.22 Å². The molecule has 4 heteroatoms. The molecule has 0 bridgehead atoms. The first-order valence-corrected chi connectivity index (χ1v) is 10.6. The van der Waals surface area contributed by atoms with Crippen molar-refractivity contribution in [3.05, 3.63) is 34.3 Å². The van der Waals surface area contributed by atoms with Crippen LogP contribution in [0, 0.1) is 0 Å². The molecule has 0 saturated carbocycles. The Balaban J connectivity index is 2.86. The normalized spacial score (nSPS) is 12.5. The van der Waals surface area contributed by atoms with Gasteiger partial charge in [-0.2, -0.15) is 0 Å². The van der Waals surface area contributed by atoms with Crippen LogP contribution in [0.15, 0.2) is 28.7 Å². The largest absolute Gasteiger partial charge is 0.408 e. The van der Waals surface area contributed by atoms with Crippen molar-refractivity contribution in [3.63, 3.8) is 0 Å². The molecule has 21 heavy (non-hydrogen) atoms. The van der Waals surface area contributed by atoms with Gasteiger partial charge >= 0.3 is 0 Å². The average molecular weight is 371 g/mol. The van der Waals surface area contributed by atoms with E-state index in [9.17, 15) is 4.79 Å². The van der Waals surface area contributed by atoms with Gasteiger partial charge in [-0.1, -0.05) is 69.6 Å². The zero-order valence-electron chi connectivity index (χ0n) is 13.9. The Morgan fingerprint density at radius 2 is 1.43 bits per heavy atom. The Hall–Kier alpha value is -0.453. The van der Waals surface area contributed by atoms with Gasteiger partial charge < -0.3 is 4.43 Å². The minimum atomic E-state index is -1.96. The van der Waals surface area contributed by atoms with Crippen molar-refractivity contribution in [2.45, 2.75) is 58.2 Å². The summed E-state index contributed by atoms with van der Waals surface area (Å²) < 4.78 is 7.32. The first kappa shape index (κ1) is 18.6. The maximum Gasteiger partial charge on any atom is 0.201 e. The Morgan fingerprint density at radius 1 is 1.00 bits per heavy atom. The minimum absolute atomic E-state index is 0.0707. The highest BCUT2D eigenvalue weighted by Gasteiger charge is 2.45. The van der Waals surface area contributed by atoms with Crippen LogP contribution in [0.3, 0.4) is 0 Å². The van der Waals surface area contributed by atoms with Crippen molar-refractivity contribution in [3.8, 4) is 0 Å². The number of Topliss-reactive ketones (excluding diaryl/α,β-unsaturated/α-hetero) is 1. The molecule has 1 aromatic carbocycles. The third-order valence-electron chi connectivity index (χ3n) is 4.33. The lowest BCUT2D eigenvalue weighted by molar-refractivity contribution is 0.0907. The van der Waals surface area contributed by atoms with Crippen LogP contribution in [0.1, 0.15) is 51.9 Å². The maximum absolute atomic E-state index is 12.4. The standard InChI is InChI=1S/C17H27BrO2Si/c1-12(2)21(13(3)4,14(5)6)20-11-17(19)15-7-9-16(18)10-8-15/h7-10,12-14H,11H2,1-6H3. The summed E-state index contributed by atoms with van der Waals surface area (Å²) in [5.74, 6) is 0.0707. The van der Waals surface area contributed by atoms with Crippen molar-refractivity contribution >= 4 is 30.0 Å². The third-order valence-corrected chi connectivity index (χ3v) is 10.9. The maximum atomic E-state index is 12.4. The number of ketones is 1. The number of benzene rings is 1. The van der Waals surface area contributed by atoms with E-state index in [-0.39, 0.29) is 12.4 Å². The van der Waals surface area contributed by atoms with Gasteiger partial charge in [0.15, 0.2) is 5.78 Å². The first-order valence-electron chi connectivity index (χ1n) is 7.64. The van der Waals surface area contributed by atoms with Gasteiger partial charge in [0.1, 0.15) is 0 Å². The van der Waals surface area contributed by atoms with Gasteiger partial charge in [-0.15, -0.1) is 0 Å². The molecule has 0 spiro atoms. The summed E-state index contributed by atoms with van der Waals surface area (Å²) in [5, 5.41) is 0. The summed E-state index contributed by atoms with van der Waals surface area (Å²) in [6.45, 7) is 13.6. The Morgan fingerprint density at radius 3 is 1.81 bits per heavy atom. The van der Waals surface area contributed by atoms with Crippen LogP contribution in [0.25, 0.3) is 0 Å². The molecule has 1 rings (SSSR count). The molecule has 0 aliphatic carbocycles. The van der Waals surface area contributed by atoms with Crippen LogP contribution >= 0.6 is 15.9 Å². The molecular weight excluding hydrogens is 344 g/mol. The monoisotopic (exact) mass is 370 g/mol. The second-order valence-corrected chi connectivity index (χ2v) is 12.9. The van der Waals surface area contributed by atoms with E-state index in [0.717, 1.165) is 10.0 Å². The van der Waals surface area contributed by atoms with E-state index >= 15 is 0 Å². The molecule has 0 N–H and O–H groups in total. The van der Waals surface area contributed by atoms with E-state index in [2.05, 4.69) is 57.5 Å². The molecule has 0 atom stereocenters. The predicted molar refractivity (Wildman–Crippen MR) is 95.5 cm³/mol. The Bertz CT molecular complexity index is 444. The van der Waals surface area contributed by atoms with Crippen LogP contribution in [-0.2, 0) is 4.43 Å². The Kier molecular flexibility index (Phi) is 6.82. The molecule has 2 nitrogen and oxygen atoms in total. The van der Waals surface area contributed by atoms with Gasteiger partial charge in [-0.05, 0) is 28.8 Å². The number of rotatable bonds is 7. The summed E-state index contributed by atoms with van der Waals surface area (Å²) >= 11 is 3.39. The van der Waals surface area contributed by atoms with E-state index in [1.165, 1.54) is 0 Å². The van der Waals surface area contributed by atoms with Crippen LogP contribution in [0.5, 0.6) is 0 Å². The molecule has 0 fully saturated rings. The van der Waals surface area contributed by atoms with Gasteiger partial charge in [0, 0.05) is 10.0 Å². The predicted octanol–water partition coefficient (Wildman–Crippen LogP) is 5.82. The van der Waals surface area contributed by atoms with Crippen LogP contribution < -0.4 is 0 Å². The van der Waals surface area contributed by atoms with Crippen molar-refractivity contribution in [1.82, 2.24) is 0 Å². The molecule has 0 amide bonds. The highest BCUT2D eigenvalue weighted by atomic mass is 79.9. The van der Waals surface area contributed by atoms with E-state index < -0.39 is 8.32 Å². The van der Waals surface area contributed by atoms with E-state index in [1.807, 2.05) is 24.3 Å². The fraction of sp³-hybridized carbons (Fsp3) is 0.588. The summed E-state index contributed by atoms with van der Waals surface area (Å²) in [6.07, 6.45) is 0. The zero-order valence-corrected chi connectivity index (χ0v) is 16.5. The van der Waals surface area contributed by atoms with Crippen molar-refractivity contribution in [2.75, 3.05) is 6.61 Å². The lowest BCUT2D eigenvalue weighted by atomic mass is 10.1. The fourth-order valence-corrected chi connectivity index (χ4v) is 9.06. The van der Waals surface area contributed by atoms with E-state index in [1.54, 1.807) is 0 Å². The van der Waals surface area contributed by atoms with Gasteiger partial charge in [-0.25, -0.2) is 0 Å². The molecule has 118 valence electrons. The SMILES string of the molecule is CC(C)[Si](OCC(=O)c1ccc(Br)cc1)(C(C)C)C(C)C. The molecular formula is C17H27BrO2Si. The average Bonchev–Trinajstić information content (AvgIpc) is 2.38. The topological polar surface area (TPSA) is 26.3 Å². The quantitative estimate of drug-likeness (QED) is 0.446. The summed E-state index contributed by atoms with van der Waals surface area (Å²) in [6, 6.07) is 7.48. The zero-order chi connectivity index (χ0) is 16.2. The third kappa shape index (κ3) is 4.27. The first-order chi connectivity index (χ1) is 9.71. The number of hydrogen-bond donors (Lipinski definition) is 0. The number of hydrogen-bond acceptors (Lipinski definition) is 2. The molecule has 0 saturated heterocycles. The fourth-order valence-electron chi connectivity index (χ4n) is 3.41. The van der Waals surface area contributed by atoms with Crippen molar-refractivity contribution in [1.29, 1.82) is 0 Å². The van der Waals surface area contributed by atoms with Crippen LogP contribution in [-0.4, -0.2) is 20.7 Å². The molecule has 0 radical (unpaired) electrons. The summed E-state index contributed by atoms with van der Waals surface area (Å²) in [4.78, 5) is 12.4. The second kappa shape index (κ2) is 7.70. The van der Waals surface area contributed by atoms with Gasteiger partial charge in [-0.3, -0.25) is 4.79 Å². The smallest absolute Gasteiger partial charge is 0.201 e. The molecule has 0 aliphatic rings. The number of carbonyl (C=O) groups excluding carboxylic acids is 1. The lowest BCUT2D eigenvalue weighted by Crippen LogP contribution is -2.48. The molecule has 0 aromatic heterocycles. The highest BCUT2D eigenvalue weighted by molar-refractivity contribution is 9.10. The summed E-state index contributed by atoms with van der Waals surface area (Å²) in [5.41, 5.74) is 2.21. The highest BCUT2D eigenvalue weighted by Crippen LogP contribution is 2.42. The van der Waals surface area contributed by atoms with Crippen LogP contribution in [0.2, 0.25) is 16.6 Å². The Labute approximate surface area is 138 Å².